The second kappa shape index (κ2) is 11.0. The Morgan fingerprint density at radius 1 is 1.03 bits per heavy atom. The van der Waals surface area contributed by atoms with Gasteiger partial charge in [-0.1, -0.05) is 26.0 Å². The van der Waals surface area contributed by atoms with Gasteiger partial charge in [0.25, 0.3) is 0 Å². The van der Waals surface area contributed by atoms with Gasteiger partial charge >= 0.3 is 17.9 Å². The van der Waals surface area contributed by atoms with Gasteiger partial charge in [0.15, 0.2) is 5.60 Å². The Morgan fingerprint density at radius 2 is 1.63 bits per heavy atom. The predicted molar refractivity (Wildman–Crippen MR) is 140 cm³/mol. The summed E-state index contributed by atoms with van der Waals surface area (Å²) in [6.45, 7) is 17.9. The quantitative estimate of drug-likeness (QED) is 0.297. The van der Waals surface area contributed by atoms with Crippen LogP contribution in [-0.2, 0) is 38.1 Å². The van der Waals surface area contributed by atoms with Crippen molar-refractivity contribution < 1.29 is 38.1 Å². The van der Waals surface area contributed by atoms with Crippen LogP contribution in [0.15, 0.2) is 12.2 Å². The van der Waals surface area contributed by atoms with E-state index in [1.165, 1.54) is 27.7 Å². The summed E-state index contributed by atoms with van der Waals surface area (Å²) in [6.07, 6.45) is 0.304. The first kappa shape index (κ1) is 30.1. The Balaban J connectivity index is 2.22. The summed E-state index contributed by atoms with van der Waals surface area (Å²) in [6, 6.07) is -0.280. The average Bonchev–Trinajstić information content (AvgIpc) is 3.16. The van der Waals surface area contributed by atoms with E-state index in [2.05, 4.69) is 20.4 Å². The van der Waals surface area contributed by atoms with E-state index in [1.54, 1.807) is 11.9 Å². The number of hydrogen-bond acceptors (Lipinski definition) is 8. The van der Waals surface area contributed by atoms with Crippen LogP contribution in [0, 0.1) is 23.7 Å². The predicted octanol–water partition coefficient (Wildman–Crippen LogP) is 3.82. The lowest BCUT2D eigenvalue weighted by atomic mass is 9.56. The topological polar surface area (TPSA) is 108 Å². The Labute approximate surface area is 226 Å². The summed E-state index contributed by atoms with van der Waals surface area (Å²) < 4.78 is 24.8. The molecule has 1 saturated carbocycles. The van der Waals surface area contributed by atoms with Crippen molar-refractivity contribution in [1.29, 1.82) is 0 Å². The van der Waals surface area contributed by atoms with Crippen molar-refractivity contribution in [2.45, 2.75) is 117 Å². The number of carbonyl (C=O) groups is 4. The molecule has 1 aliphatic carbocycles. The fraction of sp³-hybridized carbons (Fsp3) is 0.793. The lowest BCUT2D eigenvalue weighted by Gasteiger charge is -2.53. The first-order chi connectivity index (χ1) is 17.5. The molecule has 3 rings (SSSR count). The average molecular weight is 536 g/mol. The molecule has 0 radical (unpaired) electrons. The second-order valence-corrected chi connectivity index (χ2v) is 12.2. The van der Waals surface area contributed by atoms with Crippen LogP contribution < -0.4 is 0 Å². The third-order valence-electron chi connectivity index (χ3n) is 9.09. The zero-order valence-corrected chi connectivity index (χ0v) is 24.4. The van der Waals surface area contributed by atoms with E-state index >= 15 is 0 Å². The molecule has 3 fully saturated rings. The summed E-state index contributed by atoms with van der Waals surface area (Å²) in [7, 11) is 1.75. The van der Waals surface area contributed by atoms with Gasteiger partial charge in [0.2, 0.25) is 5.91 Å². The number of esters is 3. The molecule has 2 saturated heterocycles. The SMILES string of the molecule is C=C1CC2OC(C3C(C(C)C)CC(OC(C)=O)C(C)(OC(C)=O)C23)C(C)(OC(C)=O)CCC1N(C)C(C)=O. The highest BCUT2D eigenvalue weighted by Crippen LogP contribution is 2.59. The molecule has 9 atom stereocenters. The fourth-order valence-electron chi connectivity index (χ4n) is 7.44. The molecule has 38 heavy (non-hydrogen) atoms. The number of carbonyl (C=O) groups excluding carboxylic acids is 4. The molecule has 0 N–H and O–H groups in total. The number of fused-ring (bicyclic) bond motifs is 5. The van der Waals surface area contributed by atoms with Gasteiger partial charge in [0.05, 0.1) is 12.1 Å². The van der Waals surface area contributed by atoms with Crippen LogP contribution in [-0.4, -0.2) is 71.3 Å². The van der Waals surface area contributed by atoms with Crippen LogP contribution in [0.5, 0.6) is 0 Å². The molecule has 9 unspecified atom stereocenters. The van der Waals surface area contributed by atoms with E-state index in [1.807, 2.05) is 13.8 Å². The normalized spacial score (nSPS) is 38.8. The molecule has 2 bridgehead atoms. The van der Waals surface area contributed by atoms with Gasteiger partial charge in [0, 0.05) is 46.6 Å². The van der Waals surface area contributed by atoms with Gasteiger partial charge < -0.3 is 23.8 Å². The zero-order chi connectivity index (χ0) is 28.7. The van der Waals surface area contributed by atoms with Crippen molar-refractivity contribution in [3.8, 4) is 0 Å². The summed E-state index contributed by atoms with van der Waals surface area (Å²) >= 11 is 0. The van der Waals surface area contributed by atoms with Crippen molar-refractivity contribution in [1.82, 2.24) is 4.90 Å². The standard InChI is InChI=1S/C29H45NO8/c1-15(2)21-14-24(35-18(5)32)29(9,38-20(7)34)26-23-13-16(3)22(30(10)17(4)31)11-12-28(8,37-19(6)33)27(36-23)25(21)26/h15,21-27H,3,11-14H2,1-2,4-10H3. The Bertz CT molecular complexity index is 978. The number of hydrogen-bond donors (Lipinski definition) is 0. The second-order valence-electron chi connectivity index (χ2n) is 12.2. The van der Waals surface area contributed by atoms with E-state index in [-0.39, 0.29) is 35.6 Å². The lowest BCUT2D eigenvalue weighted by Crippen LogP contribution is -2.63. The van der Waals surface area contributed by atoms with E-state index in [0.29, 0.717) is 25.7 Å². The number of likely N-dealkylation sites (N-methyl/N-ethyl adjacent to an activating group) is 1. The minimum atomic E-state index is -1.18. The van der Waals surface area contributed by atoms with Crippen LogP contribution in [0.25, 0.3) is 0 Å². The van der Waals surface area contributed by atoms with Crippen LogP contribution in [0.1, 0.15) is 81.1 Å². The fourth-order valence-corrected chi connectivity index (χ4v) is 7.44. The third kappa shape index (κ3) is 5.63. The van der Waals surface area contributed by atoms with Crippen molar-refractivity contribution in [2.24, 2.45) is 23.7 Å². The van der Waals surface area contributed by atoms with E-state index < -0.39 is 47.4 Å². The van der Waals surface area contributed by atoms with Crippen LogP contribution in [0.4, 0.5) is 0 Å². The van der Waals surface area contributed by atoms with Crippen LogP contribution >= 0.6 is 0 Å². The van der Waals surface area contributed by atoms with Gasteiger partial charge in [-0.15, -0.1) is 0 Å². The van der Waals surface area contributed by atoms with Gasteiger partial charge in [0.1, 0.15) is 17.8 Å². The maximum absolute atomic E-state index is 12.5. The van der Waals surface area contributed by atoms with Gasteiger partial charge in [-0.3, -0.25) is 19.2 Å². The summed E-state index contributed by atoms with van der Waals surface area (Å²) in [5.41, 5.74) is -1.35. The van der Waals surface area contributed by atoms with E-state index in [4.69, 9.17) is 18.9 Å². The van der Waals surface area contributed by atoms with Gasteiger partial charge in [-0.2, -0.15) is 0 Å². The molecular weight excluding hydrogens is 490 g/mol. The van der Waals surface area contributed by atoms with Gasteiger partial charge in [-0.05, 0) is 51.4 Å². The van der Waals surface area contributed by atoms with Crippen molar-refractivity contribution in [3.05, 3.63) is 12.2 Å². The Morgan fingerprint density at radius 3 is 2.13 bits per heavy atom. The molecular formula is C29H45NO8. The first-order valence-corrected chi connectivity index (χ1v) is 13.6. The molecule has 0 aromatic carbocycles. The molecule has 2 heterocycles. The largest absolute Gasteiger partial charge is 0.458 e. The number of rotatable bonds is 5. The molecule has 9 nitrogen and oxygen atoms in total. The number of amides is 1. The molecule has 2 aliphatic heterocycles. The summed E-state index contributed by atoms with van der Waals surface area (Å²) in [5.74, 6) is -1.70. The highest BCUT2D eigenvalue weighted by atomic mass is 16.6. The Kier molecular flexibility index (Phi) is 8.71. The first-order valence-electron chi connectivity index (χ1n) is 13.6. The molecule has 0 aromatic rings. The molecule has 9 heteroatoms. The molecule has 1 amide bonds. The minimum Gasteiger partial charge on any atom is -0.458 e. The summed E-state index contributed by atoms with van der Waals surface area (Å²) in [4.78, 5) is 51.1. The molecule has 0 aromatic heterocycles. The maximum atomic E-state index is 12.5. The lowest BCUT2D eigenvalue weighted by molar-refractivity contribution is -0.215. The highest BCUT2D eigenvalue weighted by molar-refractivity contribution is 5.73. The minimum absolute atomic E-state index is 0.0428. The highest BCUT2D eigenvalue weighted by Gasteiger charge is 2.67. The van der Waals surface area contributed by atoms with Crippen molar-refractivity contribution in [2.75, 3.05) is 7.05 Å². The molecule has 3 aliphatic rings. The van der Waals surface area contributed by atoms with Crippen LogP contribution in [0.3, 0.4) is 0 Å². The zero-order valence-electron chi connectivity index (χ0n) is 24.4. The molecule has 0 spiro atoms. The smallest absolute Gasteiger partial charge is 0.303 e. The Hall–Kier alpha value is -2.42. The van der Waals surface area contributed by atoms with Crippen LogP contribution in [0.2, 0.25) is 0 Å². The number of nitrogens with zero attached hydrogens (tertiary/aromatic N) is 1. The van der Waals surface area contributed by atoms with E-state index in [0.717, 1.165) is 5.57 Å². The maximum Gasteiger partial charge on any atom is 0.303 e. The monoisotopic (exact) mass is 535 g/mol. The summed E-state index contributed by atoms with van der Waals surface area (Å²) in [5, 5.41) is 0. The third-order valence-corrected chi connectivity index (χ3v) is 9.09. The number of ether oxygens (including phenoxy) is 4. The van der Waals surface area contributed by atoms with Crippen molar-refractivity contribution in [3.63, 3.8) is 0 Å². The van der Waals surface area contributed by atoms with E-state index in [9.17, 15) is 19.2 Å². The van der Waals surface area contributed by atoms with Crippen molar-refractivity contribution >= 4 is 23.8 Å². The van der Waals surface area contributed by atoms with Gasteiger partial charge in [-0.25, -0.2) is 0 Å². The molecule has 214 valence electrons.